The molecular formula is C12H19Cl2N3O. The molecule has 1 unspecified atom stereocenters. The SMILES string of the molecule is CCc1nn(C)c(CN2CCOC(CCl)C2)c1Cl. The highest BCUT2D eigenvalue weighted by atomic mass is 35.5. The number of hydrogen-bond acceptors (Lipinski definition) is 3. The number of morpholine rings is 1. The molecule has 0 spiro atoms. The first-order chi connectivity index (χ1) is 8.65. The summed E-state index contributed by atoms with van der Waals surface area (Å²) in [5.74, 6) is 0.538. The lowest BCUT2D eigenvalue weighted by molar-refractivity contribution is -0.0201. The van der Waals surface area contributed by atoms with Crippen molar-refractivity contribution in [1.82, 2.24) is 14.7 Å². The van der Waals surface area contributed by atoms with E-state index in [0.717, 1.165) is 49.1 Å². The molecule has 0 radical (unpaired) electrons. The predicted molar refractivity (Wildman–Crippen MR) is 73.3 cm³/mol. The van der Waals surface area contributed by atoms with Crippen LogP contribution in [0.15, 0.2) is 0 Å². The fourth-order valence-electron chi connectivity index (χ4n) is 2.22. The first-order valence-electron chi connectivity index (χ1n) is 6.25. The molecule has 0 N–H and O–H groups in total. The average molecular weight is 292 g/mol. The lowest BCUT2D eigenvalue weighted by Crippen LogP contribution is -2.43. The lowest BCUT2D eigenvalue weighted by Gasteiger charge is -2.31. The summed E-state index contributed by atoms with van der Waals surface area (Å²) in [5.41, 5.74) is 2.04. The van der Waals surface area contributed by atoms with E-state index >= 15 is 0 Å². The van der Waals surface area contributed by atoms with Gasteiger partial charge in [0, 0.05) is 32.6 Å². The zero-order valence-corrected chi connectivity index (χ0v) is 12.3. The van der Waals surface area contributed by atoms with Gasteiger partial charge in [-0.1, -0.05) is 18.5 Å². The van der Waals surface area contributed by atoms with Crippen molar-refractivity contribution < 1.29 is 4.74 Å². The Kier molecular flexibility index (Phi) is 4.90. The Labute approximate surface area is 118 Å². The molecule has 0 saturated carbocycles. The smallest absolute Gasteiger partial charge is 0.0863 e. The first kappa shape index (κ1) is 14.1. The van der Waals surface area contributed by atoms with Crippen molar-refractivity contribution >= 4 is 23.2 Å². The van der Waals surface area contributed by atoms with Crippen LogP contribution in [0, 0.1) is 0 Å². The summed E-state index contributed by atoms with van der Waals surface area (Å²) in [6.07, 6.45) is 0.984. The van der Waals surface area contributed by atoms with Gasteiger partial charge in [0.15, 0.2) is 0 Å². The number of aromatic nitrogens is 2. The van der Waals surface area contributed by atoms with Gasteiger partial charge in [-0.05, 0) is 6.42 Å². The van der Waals surface area contributed by atoms with Crippen molar-refractivity contribution in [3.05, 3.63) is 16.4 Å². The van der Waals surface area contributed by atoms with E-state index in [4.69, 9.17) is 27.9 Å². The minimum atomic E-state index is 0.123. The van der Waals surface area contributed by atoms with Crippen LogP contribution in [0.4, 0.5) is 0 Å². The minimum absolute atomic E-state index is 0.123. The van der Waals surface area contributed by atoms with Crippen molar-refractivity contribution in [2.24, 2.45) is 7.05 Å². The molecule has 0 bridgehead atoms. The summed E-state index contributed by atoms with van der Waals surface area (Å²) in [6.45, 7) is 5.37. The Morgan fingerprint density at radius 1 is 1.50 bits per heavy atom. The fraction of sp³-hybridized carbons (Fsp3) is 0.750. The van der Waals surface area contributed by atoms with E-state index < -0.39 is 0 Å². The molecule has 0 aromatic carbocycles. The number of rotatable bonds is 4. The van der Waals surface area contributed by atoms with E-state index in [1.54, 1.807) is 0 Å². The van der Waals surface area contributed by atoms with Crippen molar-refractivity contribution in [2.45, 2.75) is 26.0 Å². The Morgan fingerprint density at radius 2 is 2.28 bits per heavy atom. The maximum Gasteiger partial charge on any atom is 0.0863 e. The average Bonchev–Trinajstić information content (AvgIpc) is 2.66. The largest absolute Gasteiger partial charge is 0.374 e. The van der Waals surface area contributed by atoms with Gasteiger partial charge in [-0.2, -0.15) is 5.10 Å². The van der Waals surface area contributed by atoms with Crippen LogP contribution in [-0.4, -0.2) is 46.4 Å². The standard InChI is InChI=1S/C12H19Cl2N3O/c1-3-10-12(14)11(16(2)15-10)8-17-4-5-18-9(6-13)7-17/h9H,3-8H2,1-2H3. The summed E-state index contributed by atoms with van der Waals surface area (Å²) in [6, 6.07) is 0. The maximum absolute atomic E-state index is 6.35. The molecule has 6 heteroatoms. The van der Waals surface area contributed by atoms with E-state index in [0.29, 0.717) is 5.88 Å². The molecular weight excluding hydrogens is 273 g/mol. The summed E-state index contributed by atoms with van der Waals surface area (Å²) in [5, 5.41) is 5.23. The molecule has 1 saturated heterocycles. The van der Waals surface area contributed by atoms with Crippen LogP contribution >= 0.6 is 23.2 Å². The van der Waals surface area contributed by atoms with Gasteiger partial charge in [0.2, 0.25) is 0 Å². The molecule has 4 nitrogen and oxygen atoms in total. The number of hydrogen-bond donors (Lipinski definition) is 0. The molecule has 2 rings (SSSR count). The van der Waals surface area contributed by atoms with Crippen LogP contribution in [0.2, 0.25) is 5.02 Å². The second kappa shape index (κ2) is 6.24. The normalized spacial score (nSPS) is 21.4. The van der Waals surface area contributed by atoms with Crippen LogP contribution in [0.25, 0.3) is 0 Å². The molecule has 1 aromatic rings. The van der Waals surface area contributed by atoms with Crippen molar-refractivity contribution in [1.29, 1.82) is 0 Å². The zero-order valence-electron chi connectivity index (χ0n) is 10.8. The molecule has 1 aromatic heterocycles. The minimum Gasteiger partial charge on any atom is -0.374 e. The van der Waals surface area contributed by atoms with Gasteiger partial charge in [-0.3, -0.25) is 9.58 Å². The topological polar surface area (TPSA) is 30.3 Å². The van der Waals surface area contributed by atoms with Crippen LogP contribution in [0.3, 0.4) is 0 Å². The third kappa shape index (κ3) is 2.99. The predicted octanol–water partition coefficient (Wildman–Crippen LogP) is 2.08. The van der Waals surface area contributed by atoms with E-state index in [1.165, 1.54) is 0 Å². The number of nitrogens with zero attached hydrogens (tertiary/aromatic N) is 3. The summed E-state index contributed by atoms with van der Waals surface area (Å²) < 4.78 is 7.43. The maximum atomic E-state index is 6.35. The van der Waals surface area contributed by atoms with Crippen LogP contribution in [0.5, 0.6) is 0 Å². The first-order valence-corrected chi connectivity index (χ1v) is 7.17. The van der Waals surface area contributed by atoms with Crippen LogP contribution in [-0.2, 0) is 24.8 Å². The Balaban J connectivity index is 2.07. The van der Waals surface area contributed by atoms with E-state index in [-0.39, 0.29) is 6.10 Å². The quantitative estimate of drug-likeness (QED) is 0.796. The highest BCUT2D eigenvalue weighted by Crippen LogP contribution is 2.23. The van der Waals surface area contributed by atoms with E-state index in [9.17, 15) is 0 Å². The molecule has 0 aliphatic carbocycles. The third-order valence-electron chi connectivity index (χ3n) is 3.27. The van der Waals surface area contributed by atoms with Gasteiger partial charge in [0.05, 0.1) is 29.1 Å². The summed E-state index contributed by atoms with van der Waals surface area (Å²) in [4.78, 5) is 2.32. The molecule has 1 fully saturated rings. The molecule has 18 heavy (non-hydrogen) atoms. The van der Waals surface area contributed by atoms with E-state index in [1.807, 2.05) is 11.7 Å². The highest BCUT2D eigenvalue weighted by molar-refractivity contribution is 6.31. The molecule has 1 aliphatic rings. The van der Waals surface area contributed by atoms with Gasteiger partial charge in [-0.25, -0.2) is 0 Å². The van der Waals surface area contributed by atoms with Crippen molar-refractivity contribution in [3.8, 4) is 0 Å². The number of ether oxygens (including phenoxy) is 1. The monoisotopic (exact) mass is 291 g/mol. The number of alkyl halides is 1. The Morgan fingerprint density at radius 3 is 2.89 bits per heavy atom. The van der Waals surface area contributed by atoms with Gasteiger partial charge >= 0.3 is 0 Å². The lowest BCUT2D eigenvalue weighted by atomic mass is 10.2. The fourth-order valence-corrected chi connectivity index (χ4v) is 2.76. The Bertz CT molecular complexity index is 408. The van der Waals surface area contributed by atoms with Gasteiger partial charge in [0.25, 0.3) is 0 Å². The van der Waals surface area contributed by atoms with Crippen LogP contribution in [0.1, 0.15) is 18.3 Å². The second-order valence-corrected chi connectivity index (χ2v) is 5.25. The number of aryl methyl sites for hydroxylation is 2. The Hall–Kier alpha value is -0.290. The zero-order chi connectivity index (χ0) is 13.1. The molecule has 2 heterocycles. The van der Waals surface area contributed by atoms with Crippen LogP contribution < -0.4 is 0 Å². The van der Waals surface area contributed by atoms with Gasteiger partial charge in [0.1, 0.15) is 0 Å². The number of halogens is 2. The molecule has 1 atom stereocenters. The van der Waals surface area contributed by atoms with Crippen molar-refractivity contribution in [2.75, 3.05) is 25.6 Å². The highest BCUT2D eigenvalue weighted by Gasteiger charge is 2.22. The van der Waals surface area contributed by atoms with Crippen molar-refractivity contribution in [3.63, 3.8) is 0 Å². The van der Waals surface area contributed by atoms with Gasteiger partial charge < -0.3 is 4.74 Å². The molecule has 0 amide bonds. The summed E-state index contributed by atoms with van der Waals surface area (Å²) >= 11 is 12.2. The summed E-state index contributed by atoms with van der Waals surface area (Å²) in [7, 11) is 1.94. The van der Waals surface area contributed by atoms with E-state index in [2.05, 4.69) is 16.9 Å². The molecule has 1 aliphatic heterocycles. The van der Waals surface area contributed by atoms with Gasteiger partial charge in [-0.15, -0.1) is 11.6 Å². The third-order valence-corrected chi connectivity index (χ3v) is 4.05. The molecule has 102 valence electrons. The second-order valence-electron chi connectivity index (χ2n) is 4.57.